The molecule has 0 radical (unpaired) electrons. The minimum Gasteiger partial charge on any atom is -0.155 e. The summed E-state index contributed by atoms with van der Waals surface area (Å²) in [6, 6.07) is 0. The Morgan fingerprint density at radius 1 is 0.812 bits per heavy atom. The molecule has 0 spiro atoms. The van der Waals surface area contributed by atoms with Crippen LogP contribution in [-0.2, 0) is 0 Å². The maximum atomic E-state index is 5.78. The lowest BCUT2D eigenvalue weighted by Crippen LogP contribution is -2.40. The Labute approximate surface area is 135 Å². The number of alkyl halides is 4. The first kappa shape index (κ1) is 16.1. The van der Waals surface area contributed by atoms with E-state index in [1.54, 1.807) is 0 Å². The molecule has 0 bridgehead atoms. The Morgan fingerprint density at radius 3 is 1.38 bits per heavy atom. The van der Waals surface area contributed by atoms with Crippen molar-refractivity contribution in [2.75, 3.05) is 0 Å². The third-order valence-corrected chi connectivity index (χ3v) is 7.11. The normalized spacial score (nSPS) is 34.0. The molecule has 0 fully saturated rings. The Bertz CT molecular complexity index is 276. The molecule has 0 aromatic rings. The predicted molar refractivity (Wildman–Crippen MR) is 87.9 cm³/mol. The van der Waals surface area contributed by atoms with Crippen molar-refractivity contribution in [2.45, 2.75) is 16.5 Å². The molecular formula is C8H8Cl4S4. The average Bonchev–Trinajstić information content (AvgIpc) is 2.08. The highest BCUT2D eigenvalue weighted by Gasteiger charge is 2.47. The number of hydrogen-bond acceptors (Lipinski definition) is 4. The smallest absolute Gasteiger partial charge is 0.154 e. The fraction of sp³-hybridized carbons (Fsp3) is 0.500. The average molecular weight is 374 g/mol. The first-order chi connectivity index (χ1) is 7.29. The summed E-state index contributed by atoms with van der Waals surface area (Å²) in [7, 11) is 0. The fourth-order valence-corrected chi connectivity index (χ4v) is 6.45. The number of hydrogen-bond donors (Lipinski definition) is 2. The molecule has 2 atom stereocenters. The second-order valence-corrected chi connectivity index (χ2v) is 10.8. The van der Waals surface area contributed by atoms with Gasteiger partial charge < -0.3 is 0 Å². The van der Waals surface area contributed by atoms with Gasteiger partial charge in [0.2, 0.25) is 0 Å². The Balaban J connectivity index is 2.95. The number of thioether (sulfide) groups is 2. The van der Waals surface area contributed by atoms with Gasteiger partial charge in [-0.3, -0.25) is 0 Å². The van der Waals surface area contributed by atoms with Crippen LogP contribution in [0.25, 0.3) is 0 Å². The van der Waals surface area contributed by atoms with Crippen molar-refractivity contribution in [3.63, 3.8) is 0 Å². The van der Waals surface area contributed by atoms with Gasteiger partial charge in [-0.15, -0.1) is 23.5 Å². The molecule has 0 N–H and O–H groups in total. The molecule has 1 aliphatic rings. The summed E-state index contributed by atoms with van der Waals surface area (Å²) >= 11 is 34.8. The van der Waals surface area contributed by atoms with Gasteiger partial charge in [0.25, 0.3) is 0 Å². The van der Waals surface area contributed by atoms with Crippen molar-refractivity contribution in [3.05, 3.63) is 24.3 Å². The molecule has 16 heavy (non-hydrogen) atoms. The molecule has 0 aliphatic heterocycles. The lowest BCUT2D eigenvalue weighted by atomic mass is 10.1. The largest absolute Gasteiger partial charge is 0.155 e. The topological polar surface area (TPSA) is 0 Å². The van der Waals surface area contributed by atoms with Crippen LogP contribution in [0.2, 0.25) is 0 Å². The van der Waals surface area contributed by atoms with Crippen molar-refractivity contribution in [2.24, 2.45) is 0 Å². The molecule has 0 aromatic carbocycles. The third kappa shape index (κ3) is 4.02. The minimum atomic E-state index is -0.675. The van der Waals surface area contributed by atoms with E-state index < -0.39 is 16.5 Å². The van der Waals surface area contributed by atoms with E-state index in [0.29, 0.717) is 0 Å². The zero-order valence-electron chi connectivity index (χ0n) is 7.69. The summed E-state index contributed by atoms with van der Waals surface area (Å²) in [6.45, 7) is 0. The van der Waals surface area contributed by atoms with Gasteiger partial charge in [0.1, 0.15) is 8.16 Å². The van der Waals surface area contributed by atoms with Crippen LogP contribution in [0.3, 0.4) is 0 Å². The van der Waals surface area contributed by atoms with Gasteiger partial charge >= 0.3 is 0 Å². The van der Waals surface area contributed by atoms with Gasteiger partial charge in [-0.2, -0.15) is 25.3 Å². The zero-order valence-corrected chi connectivity index (χ0v) is 14.1. The highest BCUT2D eigenvalue weighted by atomic mass is 35.5. The zero-order chi connectivity index (χ0) is 12.4. The molecule has 1 rings (SSSR count). The standard InChI is InChI=1S/C8H8Cl4S4/c9-5(10)15-7(13)3-1-2-4-8(7,14)16-6(11)12/h1-6,13-14H. The van der Waals surface area contributed by atoms with E-state index in [1.165, 1.54) is 23.5 Å². The maximum absolute atomic E-state index is 5.78. The molecule has 0 saturated carbocycles. The maximum Gasteiger partial charge on any atom is 0.154 e. The van der Waals surface area contributed by atoms with E-state index in [1.807, 2.05) is 24.3 Å². The van der Waals surface area contributed by atoms with Crippen LogP contribution in [0.4, 0.5) is 0 Å². The molecule has 8 heteroatoms. The molecule has 0 amide bonds. The molecule has 0 heterocycles. The van der Waals surface area contributed by atoms with Crippen LogP contribution in [-0.4, -0.2) is 16.5 Å². The van der Waals surface area contributed by atoms with E-state index in [2.05, 4.69) is 25.3 Å². The van der Waals surface area contributed by atoms with Crippen molar-refractivity contribution in [1.29, 1.82) is 0 Å². The van der Waals surface area contributed by atoms with Crippen LogP contribution < -0.4 is 0 Å². The molecular weight excluding hydrogens is 366 g/mol. The van der Waals surface area contributed by atoms with Gasteiger partial charge in [-0.25, -0.2) is 0 Å². The molecule has 0 nitrogen and oxygen atoms in total. The molecule has 1 aliphatic carbocycles. The van der Waals surface area contributed by atoms with Crippen molar-refractivity contribution < 1.29 is 0 Å². The second kappa shape index (κ2) is 6.47. The molecule has 92 valence electrons. The molecule has 0 aromatic heterocycles. The fourth-order valence-electron chi connectivity index (χ4n) is 1.13. The van der Waals surface area contributed by atoms with Gasteiger partial charge in [0.05, 0.1) is 0 Å². The third-order valence-electron chi connectivity index (χ3n) is 1.81. The van der Waals surface area contributed by atoms with Crippen LogP contribution in [0, 0.1) is 0 Å². The van der Waals surface area contributed by atoms with Crippen LogP contribution in [0.5, 0.6) is 0 Å². The van der Waals surface area contributed by atoms with E-state index in [9.17, 15) is 0 Å². The highest BCUT2D eigenvalue weighted by Crippen LogP contribution is 2.57. The summed E-state index contributed by atoms with van der Waals surface area (Å²) in [5.74, 6) is 0. The number of halogens is 4. The van der Waals surface area contributed by atoms with Crippen molar-refractivity contribution >= 4 is 95.2 Å². The molecule has 0 saturated heterocycles. The van der Waals surface area contributed by atoms with Gasteiger partial charge in [0.15, 0.2) is 8.34 Å². The Hall–Kier alpha value is 2.04. The van der Waals surface area contributed by atoms with E-state index >= 15 is 0 Å². The van der Waals surface area contributed by atoms with Crippen LogP contribution in [0.15, 0.2) is 24.3 Å². The van der Waals surface area contributed by atoms with Gasteiger partial charge in [-0.1, -0.05) is 70.7 Å². The quantitative estimate of drug-likeness (QED) is 0.387. The Kier molecular flexibility index (Phi) is 6.50. The first-order valence-corrected chi connectivity index (χ1v) is 8.43. The predicted octanol–water partition coefficient (Wildman–Crippen LogP) is 5.35. The minimum absolute atomic E-state index is 0.607. The van der Waals surface area contributed by atoms with E-state index in [4.69, 9.17) is 46.4 Å². The summed E-state index contributed by atoms with van der Waals surface area (Å²) in [5.41, 5.74) is 0. The lowest BCUT2D eigenvalue weighted by Gasteiger charge is -2.41. The van der Waals surface area contributed by atoms with Crippen LogP contribution >= 0.6 is 95.2 Å². The SMILES string of the molecule is SC1(SC(Cl)Cl)C=CC=CC1(S)SC(Cl)Cl. The van der Waals surface area contributed by atoms with Crippen LogP contribution in [0.1, 0.15) is 0 Å². The van der Waals surface area contributed by atoms with Gasteiger partial charge in [0, 0.05) is 0 Å². The van der Waals surface area contributed by atoms with E-state index in [0.717, 1.165) is 0 Å². The highest BCUT2D eigenvalue weighted by molar-refractivity contribution is 8.20. The summed E-state index contributed by atoms with van der Waals surface area (Å²) in [5, 5.41) is 0. The van der Waals surface area contributed by atoms with Crippen molar-refractivity contribution in [3.8, 4) is 0 Å². The second-order valence-electron chi connectivity index (χ2n) is 2.87. The first-order valence-electron chi connectivity index (χ1n) is 4.03. The number of rotatable bonds is 4. The van der Waals surface area contributed by atoms with Crippen molar-refractivity contribution in [1.82, 2.24) is 0 Å². The summed E-state index contributed by atoms with van der Waals surface area (Å²) < 4.78 is -2.56. The Morgan fingerprint density at radius 2 is 1.12 bits per heavy atom. The molecule has 2 unspecified atom stereocenters. The summed E-state index contributed by atoms with van der Waals surface area (Å²) in [6.07, 6.45) is 7.47. The van der Waals surface area contributed by atoms with Gasteiger partial charge in [-0.05, 0) is 0 Å². The monoisotopic (exact) mass is 372 g/mol. The van der Waals surface area contributed by atoms with E-state index in [-0.39, 0.29) is 0 Å². The number of allylic oxidation sites excluding steroid dienone is 2. The summed E-state index contributed by atoms with van der Waals surface area (Å²) in [4.78, 5) is 0. The number of thiol groups is 2. The lowest BCUT2D eigenvalue weighted by molar-refractivity contribution is 0.963.